The van der Waals surface area contributed by atoms with Gasteiger partial charge in [-0.3, -0.25) is 4.79 Å². The molecule has 0 bridgehead atoms. The largest absolute Gasteiger partial charge is 0.444 e. The number of hydrogen-bond acceptors (Lipinski definition) is 5. The lowest BCUT2D eigenvalue weighted by molar-refractivity contribution is -0.144. The van der Waals surface area contributed by atoms with Gasteiger partial charge in [-0.25, -0.2) is 4.79 Å². The molecule has 6 nitrogen and oxygen atoms in total. The molecule has 0 aromatic carbocycles. The van der Waals surface area contributed by atoms with Crippen LogP contribution in [-0.2, 0) is 15.5 Å². The van der Waals surface area contributed by atoms with E-state index in [1.54, 1.807) is 20.8 Å². The van der Waals surface area contributed by atoms with Gasteiger partial charge in [0.15, 0.2) is 6.04 Å². The van der Waals surface area contributed by atoms with Crippen LogP contribution in [0.25, 0.3) is 0 Å². The van der Waals surface area contributed by atoms with Crippen LogP contribution in [0.1, 0.15) is 38.5 Å². The molecule has 1 unspecified atom stereocenters. The van der Waals surface area contributed by atoms with Crippen molar-refractivity contribution >= 4 is 34.9 Å². The quantitative estimate of drug-likeness (QED) is 0.777. The number of ether oxygens (including phenoxy) is 1. The summed E-state index contributed by atoms with van der Waals surface area (Å²) >= 11 is 6.40. The molecule has 0 aliphatic carbocycles. The fraction of sp³-hybridized carbons (Fsp3) is 0.647. The molecule has 2 heterocycles. The SMILES string of the molecule is CC(C)(C)OC(=O)NC1CCN(C(=O)C(N)C(F)(F)c2ccc(Cl)s2)CC1. The molecule has 1 aromatic rings. The number of nitrogens with one attached hydrogen (secondary N) is 1. The molecule has 0 saturated carbocycles. The van der Waals surface area contributed by atoms with Crippen molar-refractivity contribution in [1.29, 1.82) is 0 Å². The number of thiophene rings is 1. The third-order valence-corrected chi connectivity index (χ3v) is 5.40. The number of nitrogens with two attached hydrogens (primary N) is 1. The predicted octanol–water partition coefficient (Wildman–Crippen LogP) is 3.34. The van der Waals surface area contributed by atoms with Crippen molar-refractivity contribution in [1.82, 2.24) is 10.2 Å². The fourth-order valence-corrected chi connectivity index (χ4v) is 3.77. The number of piperidine rings is 1. The van der Waals surface area contributed by atoms with Crippen molar-refractivity contribution in [2.24, 2.45) is 5.73 Å². The van der Waals surface area contributed by atoms with Gasteiger partial charge in [0.1, 0.15) is 5.60 Å². The summed E-state index contributed by atoms with van der Waals surface area (Å²) in [6, 6.07) is 0.358. The monoisotopic (exact) mass is 423 g/mol. The van der Waals surface area contributed by atoms with E-state index >= 15 is 0 Å². The third kappa shape index (κ3) is 5.76. The van der Waals surface area contributed by atoms with Gasteiger partial charge < -0.3 is 20.7 Å². The second kappa shape index (κ2) is 8.28. The van der Waals surface area contributed by atoms with E-state index < -0.39 is 29.6 Å². The van der Waals surface area contributed by atoms with Crippen LogP contribution in [0.3, 0.4) is 0 Å². The number of rotatable bonds is 4. The maximum Gasteiger partial charge on any atom is 0.407 e. The van der Waals surface area contributed by atoms with Crippen LogP contribution in [0.4, 0.5) is 13.6 Å². The maximum atomic E-state index is 14.5. The van der Waals surface area contributed by atoms with Gasteiger partial charge in [-0.05, 0) is 45.7 Å². The summed E-state index contributed by atoms with van der Waals surface area (Å²) in [4.78, 5) is 25.2. The molecule has 1 saturated heterocycles. The first-order chi connectivity index (χ1) is 12.4. The minimum Gasteiger partial charge on any atom is -0.444 e. The lowest BCUT2D eigenvalue weighted by atomic mass is 10.0. The first-order valence-electron chi connectivity index (χ1n) is 8.57. The predicted molar refractivity (Wildman–Crippen MR) is 100 cm³/mol. The minimum atomic E-state index is -3.50. The van der Waals surface area contributed by atoms with Crippen molar-refractivity contribution in [3.63, 3.8) is 0 Å². The van der Waals surface area contributed by atoms with Crippen LogP contribution in [0.2, 0.25) is 4.34 Å². The third-order valence-electron chi connectivity index (χ3n) is 4.09. The molecule has 1 aromatic heterocycles. The Hall–Kier alpha value is -1.45. The molecule has 1 aliphatic rings. The lowest BCUT2D eigenvalue weighted by Crippen LogP contribution is -2.55. The van der Waals surface area contributed by atoms with Crippen molar-refractivity contribution in [3.05, 3.63) is 21.3 Å². The van der Waals surface area contributed by atoms with Crippen molar-refractivity contribution in [3.8, 4) is 0 Å². The molecule has 1 atom stereocenters. The summed E-state index contributed by atoms with van der Waals surface area (Å²) < 4.78 is 34.4. The Labute approximate surface area is 166 Å². The molecule has 1 fully saturated rings. The van der Waals surface area contributed by atoms with Gasteiger partial charge in [-0.2, -0.15) is 8.78 Å². The molecule has 10 heteroatoms. The molecule has 0 radical (unpaired) electrons. The van der Waals surface area contributed by atoms with E-state index in [4.69, 9.17) is 22.1 Å². The number of alkyl carbamates (subject to hydrolysis) is 1. The molecule has 0 spiro atoms. The van der Waals surface area contributed by atoms with Gasteiger partial charge in [0.2, 0.25) is 5.91 Å². The molecule has 27 heavy (non-hydrogen) atoms. The summed E-state index contributed by atoms with van der Waals surface area (Å²) in [6.07, 6.45) is 0.340. The molecule has 1 aliphatic heterocycles. The summed E-state index contributed by atoms with van der Waals surface area (Å²) in [6.45, 7) is 5.74. The Morgan fingerprint density at radius 1 is 1.33 bits per heavy atom. The van der Waals surface area contributed by atoms with Crippen LogP contribution < -0.4 is 11.1 Å². The van der Waals surface area contributed by atoms with Crippen LogP contribution in [0.5, 0.6) is 0 Å². The molecular weight excluding hydrogens is 400 g/mol. The van der Waals surface area contributed by atoms with E-state index in [-0.39, 0.29) is 28.3 Å². The first-order valence-corrected chi connectivity index (χ1v) is 9.77. The second-order valence-electron chi connectivity index (χ2n) is 7.45. The van der Waals surface area contributed by atoms with Gasteiger partial charge in [-0.15, -0.1) is 11.3 Å². The highest BCUT2D eigenvalue weighted by Gasteiger charge is 2.46. The zero-order valence-electron chi connectivity index (χ0n) is 15.4. The molecular formula is C17H24ClF2N3O3S. The Bertz CT molecular complexity index is 685. The Balaban J connectivity index is 1.89. The van der Waals surface area contributed by atoms with E-state index in [2.05, 4.69) is 5.32 Å². The van der Waals surface area contributed by atoms with E-state index in [1.165, 1.54) is 17.0 Å². The van der Waals surface area contributed by atoms with Crippen LogP contribution in [0, 0.1) is 0 Å². The topological polar surface area (TPSA) is 84.7 Å². The van der Waals surface area contributed by atoms with E-state index in [0.717, 1.165) is 0 Å². The van der Waals surface area contributed by atoms with Gasteiger partial charge in [0, 0.05) is 19.1 Å². The van der Waals surface area contributed by atoms with Crippen LogP contribution in [-0.4, -0.2) is 47.7 Å². The van der Waals surface area contributed by atoms with Crippen LogP contribution >= 0.6 is 22.9 Å². The summed E-state index contributed by atoms with van der Waals surface area (Å²) in [5, 5.41) is 2.73. The number of likely N-dealkylation sites (tertiary alicyclic amines) is 1. The van der Waals surface area contributed by atoms with Crippen molar-refractivity contribution < 1.29 is 23.1 Å². The number of amides is 2. The second-order valence-corrected chi connectivity index (χ2v) is 9.17. The zero-order valence-corrected chi connectivity index (χ0v) is 17.0. The number of nitrogens with zero attached hydrogens (tertiary/aromatic N) is 1. The zero-order chi connectivity index (χ0) is 20.4. The smallest absolute Gasteiger partial charge is 0.407 e. The number of carbonyl (C=O) groups excluding carboxylic acids is 2. The summed E-state index contributed by atoms with van der Waals surface area (Å²) in [7, 11) is 0. The minimum absolute atomic E-state index is 0.184. The van der Waals surface area contributed by atoms with Crippen molar-refractivity contribution in [2.45, 2.75) is 57.2 Å². The Kier molecular flexibility index (Phi) is 6.70. The lowest BCUT2D eigenvalue weighted by Gasteiger charge is -2.35. The maximum absolute atomic E-state index is 14.5. The molecule has 152 valence electrons. The summed E-state index contributed by atoms with van der Waals surface area (Å²) in [5.41, 5.74) is 4.98. The normalized spacial score (nSPS) is 17.5. The van der Waals surface area contributed by atoms with E-state index in [0.29, 0.717) is 24.2 Å². The molecule has 2 amide bonds. The average Bonchev–Trinajstić information content (AvgIpc) is 2.99. The number of carbonyl (C=O) groups is 2. The Morgan fingerprint density at radius 2 is 1.93 bits per heavy atom. The van der Waals surface area contributed by atoms with E-state index in [1.807, 2.05) is 0 Å². The van der Waals surface area contributed by atoms with Gasteiger partial charge in [0.25, 0.3) is 0 Å². The molecule has 2 rings (SSSR count). The van der Waals surface area contributed by atoms with Gasteiger partial charge in [-0.1, -0.05) is 11.6 Å². The first kappa shape index (κ1) is 21.8. The Morgan fingerprint density at radius 3 is 2.41 bits per heavy atom. The van der Waals surface area contributed by atoms with Crippen molar-refractivity contribution in [2.75, 3.05) is 13.1 Å². The van der Waals surface area contributed by atoms with E-state index in [9.17, 15) is 18.4 Å². The number of halogens is 3. The highest BCUT2D eigenvalue weighted by atomic mass is 35.5. The summed E-state index contributed by atoms with van der Waals surface area (Å²) in [5.74, 6) is -4.32. The number of hydrogen-bond donors (Lipinski definition) is 2. The van der Waals surface area contributed by atoms with Crippen LogP contribution in [0.15, 0.2) is 12.1 Å². The highest BCUT2D eigenvalue weighted by Crippen LogP contribution is 2.38. The number of alkyl halides is 2. The standard InChI is InChI=1S/C17H24ClF2N3O3S/c1-16(2,3)26-15(25)22-10-6-8-23(9-7-10)14(24)13(21)17(19,20)11-4-5-12(18)27-11/h4-5,10,13H,6-9,21H2,1-3H3,(H,22,25). The fourth-order valence-electron chi connectivity index (χ4n) is 2.72. The van der Waals surface area contributed by atoms with Gasteiger partial charge >= 0.3 is 12.0 Å². The highest BCUT2D eigenvalue weighted by molar-refractivity contribution is 7.16. The van der Waals surface area contributed by atoms with Gasteiger partial charge in [0.05, 0.1) is 9.21 Å². The average molecular weight is 424 g/mol. The molecule has 3 N–H and O–H groups in total.